The van der Waals surface area contributed by atoms with Crippen LogP contribution < -0.4 is 5.32 Å². The van der Waals surface area contributed by atoms with E-state index < -0.39 is 5.92 Å². The molecule has 4 heteroatoms. The fourth-order valence-electron chi connectivity index (χ4n) is 3.34. The summed E-state index contributed by atoms with van der Waals surface area (Å²) in [4.78, 5) is 13.4. The third kappa shape index (κ3) is 3.71. The number of para-hydroxylation sites is 1. The molecular formula is C24H21N3O. The number of anilines is 1. The van der Waals surface area contributed by atoms with E-state index in [2.05, 4.69) is 10.4 Å². The highest BCUT2D eigenvalue weighted by atomic mass is 16.2. The zero-order chi connectivity index (χ0) is 19.3. The summed E-state index contributed by atoms with van der Waals surface area (Å²) in [6.07, 6.45) is 0. The van der Waals surface area contributed by atoms with Gasteiger partial charge in [0.2, 0.25) is 5.91 Å². The lowest BCUT2D eigenvalue weighted by Gasteiger charge is -2.18. The monoisotopic (exact) mass is 367 g/mol. The summed E-state index contributed by atoms with van der Waals surface area (Å²) in [5.74, 6) is 0.168. The number of rotatable bonds is 5. The molecule has 0 aliphatic rings. The first-order valence-electron chi connectivity index (χ1n) is 9.25. The Kier molecular flexibility index (Phi) is 5.02. The Bertz CT molecular complexity index is 1020. The molecule has 0 saturated carbocycles. The molecule has 4 nitrogen and oxygen atoms in total. The number of amides is 1. The number of aryl methyl sites for hydroxylation is 1. The lowest BCUT2D eigenvalue weighted by atomic mass is 9.90. The summed E-state index contributed by atoms with van der Waals surface area (Å²) in [6.45, 7) is 1.92. The molecule has 0 radical (unpaired) electrons. The van der Waals surface area contributed by atoms with Gasteiger partial charge in [0.05, 0.1) is 17.3 Å². The second-order valence-electron chi connectivity index (χ2n) is 6.66. The molecule has 1 N–H and O–H groups in total. The van der Waals surface area contributed by atoms with Gasteiger partial charge in [-0.15, -0.1) is 0 Å². The molecule has 1 aromatic heterocycles. The van der Waals surface area contributed by atoms with Crippen molar-refractivity contribution in [2.75, 3.05) is 5.32 Å². The van der Waals surface area contributed by atoms with E-state index in [4.69, 9.17) is 0 Å². The number of hydrogen-bond donors (Lipinski definition) is 1. The summed E-state index contributed by atoms with van der Waals surface area (Å²) >= 11 is 0. The van der Waals surface area contributed by atoms with Gasteiger partial charge in [0.1, 0.15) is 5.82 Å². The van der Waals surface area contributed by atoms with Crippen LogP contribution in [0.5, 0.6) is 0 Å². The maximum atomic E-state index is 13.4. The minimum atomic E-state index is -0.401. The Hall–Kier alpha value is -3.66. The maximum absolute atomic E-state index is 13.4. The van der Waals surface area contributed by atoms with Crippen molar-refractivity contribution in [3.63, 3.8) is 0 Å². The van der Waals surface area contributed by atoms with Gasteiger partial charge in [0.25, 0.3) is 0 Å². The van der Waals surface area contributed by atoms with Crippen LogP contribution in [0.4, 0.5) is 5.82 Å². The Labute approximate surface area is 164 Å². The number of aromatic nitrogens is 2. The molecular weight excluding hydrogens is 346 g/mol. The van der Waals surface area contributed by atoms with Crippen LogP contribution in [-0.2, 0) is 4.79 Å². The molecule has 3 aromatic carbocycles. The van der Waals surface area contributed by atoms with Gasteiger partial charge in [0, 0.05) is 6.07 Å². The van der Waals surface area contributed by atoms with E-state index in [1.165, 1.54) is 0 Å². The van der Waals surface area contributed by atoms with E-state index in [9.17, 15) is 4.79 Å². The summed E-state index contributed by atoms with van der Waals surface area (Å²) in [5, 5.41) is 7.63. The minimum Gasteiger partial charge on any atom is -0.310 e. The van der Waals surface area contributed by atoms with Crippen LogP contribution in [0, 0.1) is 6.92 Å². The molecule has 4 rings (SSSR count). The number of hydrogen-bond acceptors (Lipinski definition) is 2. The highest BCUT2D eigenvalue weighted by molar-refractivity contribution is 5.97. The van der Waals surface area contributed by atoms with E-state index in [0.717, 1.165) is 22.5 Å². The van der Waals surface area contributed by atoms with Gasteiger partial charge in [-0.1, -0.05) is 78.9 Å². The summed E-state index contributed by atoms with van der Waals surface area (Å²) in [6, 6.07) is 31.3. The molecule has 138 valence electrons. The normalized spacial score (nSPS) is 10.8. The van der Waals surface area contributed by atoms with Crippen LogP contribution >= 0.6 is 0 Å². The largest absolute Gasteiger partial charge is 0.310 e. The number of nitrogens with one attached hydrogen (secondary N) is 1. The predicted molar refractivity (Wildman–Crippen MR) is 112 cm³/mol. The molecule has 0 atom stereocenters. The van der Waals surface area contributed by atoms with Gasteiger partial charge in [-0.25, -0.2) is 4.68 Å². The average molecular weight is 367 g/mol. The number of carbonyl (C=O) groups is 1. The van der Waals surface area contributed by atoms with E-state index in [-0.39, 0.29) is 5.91 Å². The first-order chi connectivity index (χ1) is 13.7. The molecule has 0 fully saturated rings. The molecule has 0 bridgehead atoms. The number of carbonyl (C=O) groups excluding carboxylic acids is 1. The van der Waals surface area contributed by atoms with Crippen LogP contribution in [0.2, 0.25) is 0 Å². The van der Waals surface area contributed by atoms with Gasteiger partial charge in [-0.3, -0.25) is 4.79 Å². The van der Waals surface area contributed by atoms with Crippen molar-refractivity contribution in [2.45, 2.75) is 12.8 Å². The molecule has 1 amide bonds. The van der Waals surface area contributed by atoms with Gasteiger partial charge in [-0.2, -0.15) is 5.10 Å². The SMILES string of the molecule is Cc1cc(NC(=O)C(c2ccccc2)c2ccccc2)n(-c2ccccc2)n1. The topological polar surface area (TPSA) is 46.9 Å². The van der Waals surface area contributed by atoms with Crippen molar-refractivity contribution in [2.24, 2.45) is 0 Å². The Morgan fingerprint density at radius 2 is 1.32 bits per heavy atom. The number of benzene rings is 3. The molecule has 0 saturated heterocycles. The number of nitrogens with zero attached hydrogens (tertiary/aromatic N) is 2. The van der Waals surface area contributed by atoms with Crippen molar-refractivity contribution in [3.8, 4) is 5.69 Å². The molecule has 1 heterocycles. The zero-order valence-electron chi connectivity index (χ0n) is 15.6. The fraction of sp³-hybridized carbons (Fsp3) is 0.0833. The third-order valence-corrected chi connectivity index (χ3v) is 4.61. The molecule has 0 aliphatic heterocycles. The van der Waals surface area contributed by atoms with Crippen molar-refractivity contribution in [1.82, 2.24) is 9.78 Å². The van der Waals surface area contributed by atoms with Gasteiger partial charge >= 0.3 is 0 Å². The molecule has 0 spiro atoms. The van der Waals surface area contributed by atoms with E-state index >= 15 is 0 Å². The summed E-state index contributed by atoms with van der Waals surface area (Å²) < 4.78 is 1.76. The zero-order valence-corrected chi connectivity index (χ0v) is 15.6. The van der Waals surface area contributed by atoms with E-state index in [0.29, 0.717) is 5.82 Å². The highest BCUT2D eigenvalue weighted by Gasteiger charge is 2.24. The smallest absolute Gasteiger partial charge is 0.237 e. The van der Waals surface area contributed by atoms with Gasteiger partial charge in [0.15, 0.2) is 0 Å². The first-order valence-corrected chi connectivity index (χ1v) is 9.25. The lowest BCUT2D eigenvalue weighted by Crippen LogP contribution is -2.23. The maximum Gasteiger partial charge on any atom is 0.237 e. The summed E-state index contributed by atoms with van der Waals surface area (Å²) in [5.41, 5.74) is 3.65. The Morgan fingerprint density at radius 1 is 0.821 bits per heavy atom. The Morgan fingerprint density at radius 3 is 1.86 bits per heavy atom. The highest BCUT2D eigenvalue weighted by Crippen LogP contribution is 2.27. The van der Waals surface area contributed by atoms with E-state index in [1.807, 2.05) is 104 Å². The second kappa shape index (κ2) is 7.92. The van der Waals surface area contributed by atoms with Crippen molar-refractivity contribution < 1.29 is 4.79 Å². The standard InChI is InChI=1S/C24H21N3O/c1-18-17-22(27(26-18)21-15-9-4-10-16-21)25-24(28)23(19-11-5-2-6-12-19)20-13-7-3-8-14-20/h2-17,23H,1H3,(H,25,28). The van der Waals surface area contributed by atoms with Crippen LogP contribution in [0.15, 0.2) is 97.1 Å². The minimum absolute atomic E-state index is 0.0884. The summed E-state index contributed by atoms with van der Waals surface area (Å²) in [7, 11) is 0. The Balaban J connectivity index is 1.70. The lowest BCUT2D eigenvalue weighted by molar-refractivity contribution is -0.116. The molecule has 28 heavy (non-hydrogen) atoms. The van der Waals surface area contributed by atoms with Crippen LogP contribution in [0.1, 0.15) is 22.7 Å². The quantitative estimate of drug-likeness (QED) is 0.542. The van der Waals surface area contributed by atoms with Gasteiger partial charge < -0.3 is 5.32 Å². The molecule has 0 unspecified atom stereocenters. The van der Waals surface area contributed by atoms with Crippen molar-refractivity contribution in [1.29, 1.82) is 0 Å². The van der Waals surface area contributed by atoms with Gasteiger partial charge in [-0.05, 0) is 30.2 Å². The fourth-order valence-corrected chi connectivity index (χ4v) is 3.34. The third-order valence-electron chi connectivity index (χ3n) is 4.61. The first kappa shape index (κ1) is 17.7. The van der Waals surface area contributed by atoms with Crippen LogP contribution in [0.25, 0.3) is 5.69 Å². The molecule has 0 aliphatic carbocycles. The average Bonchev–Trinajstić information content (AvgIpc) is 3.10. The van der Waals surface area contributed by atoms with Crippen LogP contribution in [-0.4, -0.2) is 15.7 Å². The molecule has 4 aromatic rings. The van der Waals surface area contributed by atoms with Crippen LogP contribution in [0.3, 0.4) is 0 Å². The predicted octanol–water partition coefficient (Wildman–Crippen LogP) is 4.95. The second-order valence-corrected chi connectivity index (χ2v) is 6.66. The van der Waals surface area contributed by atoms with Crippen molar-refractivity contribution in [3.05, 3.63) is 114 Å². The van der Waals surface area contributed by atoms with Crippen molar-refractivity contribution >= 4 is 11.7 Å². The van der Waals surface area contributed by atoms with E-state index in [1.54, 1.807) is 4.68 Å².